The third-order valence-corrected chi connectivity index (χ3v) is 7.03. The smallest absolute Gasteiger partial charge is 0.339 e. The molecular weight excluding hydrogens is 544 g/mol. The Morgan fingerprint density at radius 3 is 2.47 bits per heavy atom. The number of hydrogen-bond acceptors (Lipinski definition) is 7. The van der Waals surface area contributed by atoms with Gasteiger partial charge in [-0.1, -0.05) is 69.6 Å². The number of benzene rings is 3. The van der Waals surface area contributed by atoms with Gasteiger partial charge in [0.25, 0.3) is 5.91 Å². The number of fused-ring (bicyclic) bond motifs is 1. The Hall–Kier alpha value is -4.59. The average Bonchev–Trinajstić information content (AvgIpc) is 3.36. The Morgan fingerprint density at radius 2 is 1.74 bits per heavy atom. The number of unbranched alkanes of at least 4 members (excludes halogenated alkanes) is 1. The quantitative estimate of drug-likeness (QED) is 0.0741. The van der Waals surface area contributed by atoms with E-state index in [9.17, 15) is 9.59 Å². The molecular formula is C35H40N2O6. The number of aryl methyl sites for hydroxylation is 1. The average molecular weight is 585 g/mol. The Labute approximate surface area is 253 Å². The summed E-state index contributed by atoms with van der Waals surface area (Å²) in [6.07, 6.45) is 5.26. The van der Waals surface area contributed by atoms with Gasteiger partial charge in [0.05, 0.1) is 31.2 Å². The number of hydrogen-bond donors (Lipinski definition) is 1. The third kappa shape index (κ3) is 8.25. The summed E-state index contributed by atoms with van der Waals surface area (Å²) in [5.41, 5.74) is 3.91. The van der Waals surface area contributed by atoms with Crippen molar-refractivity contribution in [3.05, 3.63) is 94.7 Å². The molecule has 1 aromatic heterocycles. The van der Waals surface area contributed by atoms with Gasteiger partial charge >= 0.3 is 5.97 Å². The molecule has 0 aliphatic heterocycles. The molecule has 0 aliphatic rings. The van der Waals surface area contributed by atoms with E-state index in [2.05, 4.69) is 38.2 Å². The molecule has 0 spiro atoms. The highest BCUT2D eigenvalue weighted by atomic mass is 16.6. The van der Waals surface area contributed by atoms with E-state index in [0.29, 0.717) is 36.6 Å². The maximum absolute atomic E-state index is 13.0. The first-order valence-corrected chi connectivity index (χ1v) is 14.6. The molecule has 43 heavy (non-hydrogen) atoms. The van der Waals surface area contributed by atoms with Gasteiger partial charge in [-0.2, -0.15) is 0 Å². The van der Waals surface area contributed by atoms with Gasteiger partial charge < -0.3 is 24.0 Å². The number of carbonyl (C=O) groups excluding carboxylic acids is 2. The van der Waals surface area contributed by atoms with Crippen molar-refractivity contribution in [1.29, 1.82) is 0 Å². The zero-order valence-corrected chi connectivity index (χ0v) is 25.6. The first-order chi connectivity index (χ1) is 20.7. The molecule has 0 radical (unpaired) electrons. The van der Waals surface area contributed by atoms with Crippen LogP contribution in [0.4, 0.5) is 5.69 Å². The summed E-state index contributed by atoms with van der Waals surface area (Å²) < 4.78 is 16.8. The SMILES string of the molecule is CCCCc1oc2ccccc2c1/C=N/OCCCOc1ccc(C(=O)OC)c(NC(=O)c2ccc(C(C)(C)C)cc2)c1. The summed E-state index contributed by atoms with van der Waals surface area (Å²) in [5, 5.41) is 8.02. The minimum absolute atomic E-state index is 0.0252. The Balaban J connectivity index is 1.34. The Morgan fingerprint density at radius 1 is 0.977 bits per heavy atom. The molecule has 1 amide bonds. The van der Waals surface area contributed by atoms with Gasteiger partial charge in [0.15, 0.2) is 0 Å². The Kier molecular flexibility index (Phi) is 10.6. The minimum Gasteiger partial charge on any atom is -0.493 e. The summed E-state index contributed by atoms with van der Waals surface area (Å²) in [4.78, 5) is 30.9. The molecule has 1 heterocycles. The molecule has 0 saturated carbocycles. The topological polar surface area (TPSA) is 99.4 Å². The largest absolute Gasteiger partial charge is 0.493 e. The van der Waals surface area contributed by atoms with E-state index >= 15 is 0 Å². The third-order valence-electron chi connectivity index (χ3n) is 7.03. The van der Waals surface area contributed by atoms with Gasteiger partial charge in [-0.25, -0.2) is 4.79 Å². The number of para-hydroxylation sites is 1. The molecule has 8 heteroatoms. The molecule has 226 valence electrons. The molecule has 3 aromatic carbocycles. The summed E-state index contributed by atoms with van der Waals surface area (Å²) in [6.45, 7) is 9.20. The van der Waals surface area contributed by atoms with Gasteiger partial charge in [-0.15, -0.1) is 0 Å². The second-order valence-corrected chi connectivity index (χ2v) is 11.3. The van der Waals surface area contributed by atoms with Crippen LogP contribution in [0.5, 0.6) is 5.75 Å². The first-order valence-electron chi connectivity index (χ1n) is 14.6. The number of oxime groups is 1. The summed E-state index contributed by atoms with van der Waals surface area (Å²) in [7, 11) is 1.30. The molecule has 0 unspecified atom stereocenters. The van der Waals surface area contributed by atoms with E-state index < -0.39 is 5.97 Å². The molecule has 0 fully saturated rings. The van der Waals surface area contributed by atoms with E-state index in [1.165, 1.54) is 7.11 Å². The maximum atomic E-state index is 13.0. The number of methoxy groups -OCH3 is 1. The number of nitrogens with one attached hydrogen (secondary N) is 1. The van der Waals surface area contributed by atoms with Crippen LogP contribution in [0.1, 0.15) is 84.6 Å². The minimum atomic E-state index is -0.556. The van der Waals surface area contributed by atoms with E-state index in [-0.39, 0.29) is 16.9 Å². The lowest BCUT2D eigenvalue weighted by molar-refractivity contribution is 0.0602. The summed E-state index contributed by atoms with van der Waals surface area (Å²) >= 11 is 0. The zero-order valence-electron chi connectivity index (χ0n) is 25.6. The van der Waals surface area contributed by atoms with E-state index in [1.807, 2.05) is 36.4 Å². The lowest BCUT2D eigenvalue weighted by atomic mass is 9.86. The van der Waals surface area contributed by atoms with Gasteiger partial charge in [0.1, 0.15) is 23.7 Å². The number of amides is 1. The molecule has 4 rings (SSSR count). The molecule has 0 aliphatic carbocycles. The van der Waals surface area contributed by atoms with Gasteiger partial charge in [-0.05, 0) is 47.7 Å². The molecule has 1 N–H and O–H groups in total. The zero-order chi connectivity index (χ0) is 30.8. The van der Waals surface area contributed by atoms with Crippen LogP contribution in [-0.2, 0) is 21.4 Å². The molecule has 0 atom stereocenters. The second-order valence-electron chi connectivity index (χ2n) is 11.3. The van der Waals surface area contributed by atoms with Crippen molar-refractivity contribution in [2.24, 2.45) is 5.16 Å². The van der Waals surface area contributed by atoms with Crippen LogP contribution in [0.15, 0.2) is 76.3 Å². The van der Waals surface area contributed by atoms with Crippen LogP contribution in [0.25, 0.3) is 11.0 Å². The number of carbonyl (C=O) groups is 2. The van der Waals surface area contributed by atoms with Crippen LogP contribution >= 0.6 is 0 Å². The van der Waals surface area contributed by atoms with Crippen molar-refractivity contribution < 1.29 is 28.3 Å². The second kappa shape index (κ2) is 14.5. The standard InChI is InChI=1S/C35H40N2O6/c1-6-7-12-32-29(27-11-8-9-13-31(27)43-32)23-36-42-21-10-20-41-26-18-19-28(34(39)40-5)30(22-26)37-33(38)24-14-16-25(17-15-24)35(2,3)4/h8-9,11,13-19,22-23H,6-7,10,12,20-21H2,1-5H3,(H,37,38)/b36-23+. The number of rotatable bonds is 13. The number of furan rings is 1. The summed E-state index contributed by atoms with van der Waals surface area (Å²) in [5.74, 6) is 0.524. The normalized spacial score (nSPS) is 11.6. The van der Waals surface area contributed by atoms with Crippen LogP contribution in [0.3, 0.4) is 0 Å². The number of ether oxygens (including phenoxy) is 2. The lowest BCUT2D eigenvalue weighted by Gasteiger charge is -2.19. The van der Waals surface area contributed by atoms with Crippen molar-refractivity contribution in [3.8, 4) is 5.75 Å². The molecule has 0 bridgehead atoms. The van der Waals surface area contributed by atoms with Gasteiger partial charge in [0.2, 0.25) is 0 Å². The fourth-order valence-corrected chi connectivity index (χ4v) is 4.56. The van der Waals surface area contributed by atoms with Crippen molar-refractivity contribution in [2.75, 3.05) is 25.6 Å². The van der Waals surface area contributed by atoms with Crippen molar-refractivity contribution >= 4 is 34.7 Å². The predicted molar refractivity (Wildman–Crippen MR) is 169 cm³/mol. The molecule has 4 aromatic rings. The maximum Gasteiger partial charge on any atom is 0.339 e. The fraction of sp³-hybridized carbons (Fsp3) is 0.343. The van der Waals surface area contributed by atoms with E-state index in [0.717, 1.165) is 47.1 Å². The van der Waals surface area contributed by atoms with Crippen molar-refractivity contribution in [3.63, 3.8) is 0 Å². The Bertz CT molecular complexity index is 1560. The lowest BCUT2D eigenvalue weighted by Crippen LogP contribution is -2.16. The number of esters is 1. The van der Waals surface area contributed by atoms with Crippen molar-refractivity contribution in [1.82, 2.24) is 0 Å². The monoisotopic (exact) mass is 584 g/mol. The molecule has 0 saturated heterocycles. The number of nitrogens with zero attached hydrogens (tertiary/aromatic N) is 1. The van der Waals surface area contributed by atoms with Crippen LogP contribution in [-0.4, -0.2) is 38.4 Å². The highest BCUT2D eigenvalue weighted by Crippen LogP contribution is 2.27. The van der Waals surface area contributed by atoms with Gasteiger partial charge in [-0.3, -0.25) is 4.79 Å². The van der Waals surface area contributed by atoms with Crippen LogP contribution in [0, 0.1) is 0 Å². The first kappa shape index (κ1) is 31.3. The number of anilines is 1. The van der Waals surface area contributed by atoms with E-state index in [4.69, 9.17) is 18.7 Å². The van der Waals surface area contributed by atoms with E-state index in [1.54, 1.807) is 36.5 Å². The molecule has 8 nitrogen and oxygen atoms in total. The predicted octanol–water partition coefficient (Wildman–Crippen LogP) is 7.93. The van der Waals surface area contributed by atoms with Crippen LogP contribution in [0.2, 0.25) is 0 Å². The van der Waals surface area contributed by atoms with Crippen LogP contribution < -0.4 is 10.1 Å². The highest BCUT2D eigenvalue weighted by molar-refractivity contribution is 6.08. The summed E-state index contributed by atoms with van der Waals surface area (Å²) in [6, 6.07) is 20.2. The fourth-order valence-electron chi connectivity index (χ4n) is 4.56. The van der Waals surface area contributed by atoms with Crippen molar-refractivity contribution in [2.45, 2.75) is 58.8 Å². The highest BCUT2D eigenvalue weighted by Gasteiger charge is 2.18. The van der Waals surface area contributed by atoms with Gasteiger partial charge in [0, 0.05) is 35.4 Å².